The molecule has 0 spiro atoms. The molecule has 0 bridgehead atoms. The smallest absolute Gasteiger partial charge is 0.214 e. The Hall–Kier alpha value is -1.97. The monoisotopic (exact) mass is 173 g/mol. The first-order valence-electron chi connectivity index (χ1n) is 3.84. The predicted octanol–water partition coefficient (Wildman–Crippen LogP) is 2.47. The van der Waals surface area contributed by atoms with Crippen LogP contribution in [0.1, 0.15) is 0 Å². The number of imidazole rings is 1. The van der Waals surface area contributed by atoms with Crippen LogP contribution in [0.4, 0.5) is 5.82 Å². The normalized spacial score (nSPS) is 9.85. The molecule has 0 aliphatic rings. The van der Waals surface area contributed by atoms with E-state index in [2.05, 4.69) is 15.1 Å². The van der Waals surface area contributed by atoms with Crippen molar-refractivity contribution in [3.8, 4) is 11.4 Å². The van der Waals surface area contributed by atoms with E-state index in [1.165, 1.54) is 6.20 Å². The number of nitrogens with zero attached hydrogens (tertiary/aromatic N) is 2. The molecule has 1 aromatic heterocycles. The van der Waals surface area contributed by atoms with Crippen LogP contribution in [0.3, 0.4) is 0 Å². The third-order valence-electron chi connectivity index (χ3n) is 1.71. The van der Waals surface area contributed by atoms with Crippen molar-refractivity contribution in [2.75, 3.05) is 0 Å². The molecule has 0 saturated carbocycles. The van der Waals surface area contributed by atoms with E-state index in [-0.39, 0.29) is 5.82 Å². The minimum absolute atomic E-state index is 0.179. The van der Waals surface area contributed by atoms with Crippen molar-refractivity contribution >= 4 is 5.82 Å². The lowest BCUT2D eigenvalue weighted by atomic mass is 10.2. The highest BCUT2D eigenvalue weighted by Gasteiger charge is 2.01. The minimum Gasteiger partial charge on any atom is -0.342 e. The van der Waals surface area contributed by atoms with Crippen LogP contribution in [0.25, 0.3) is 11.4 Å². The van der Waals surface area contributed by atoms with Gasteiger partial charge in [0.1, 0.15) is 5.82 Å². The first-order chi connectivity index (χ1) is 6.40. The highest BCUT2D eigenvalue weighted by atomic mass is 16.3. The van der Waals surface area contributed by atoms with Crippen LogP contribution in [0.15, 0.2) is 41.7 Å². The van der Waals surface area contributed by atoms with Crippen molar-refractivity contribution < 1.29 is 0 Å². The number of aromatic amines is 1. The molecule has 1 aromatic carbocycles. The first-order valence-corrected chi connectivity index (χ1v) is 3.84. The lowest BCUT2D eigenvalue weighted by Crippen LogP contribution is -1.77. The van der Waals surface area contributed by atoms with Crippen LogP contribution >= 0.6 is 0 Å². The summed E-state index contributed by atoms with van der Waals surface area (Å²) in [6, 6.07) is 9.56. The number of aromatic nitrogens is 2. The number of hydrogen-bond acceptors (Lipinski definition) is 3. The van der Waals surface area contributed by atoms with Crippen molar-refractivity contribution in [2.24, 2.45) is 5.18 Å². The van der Waals surface area contributed by atoms with Crippen molar-refractivity contribution in [1.82, 2.24) is 9.97 Å². The molecule has 0 fully saturated rings. The molecule has 64 valence electrons. The summed E-state index contributed by atoms with van der Waals surface area (Å²) in [5.41, 5.74) is 0.942. The Kier molecular flexibility index (Phi) is 1.88. The lowest BCUT2D eigenvalue weighted by Gasteiger charge is -1.92. The van der Waals surface area contributed by atoms with Gasteiger partial charge in [-0.05, 0) is 5.18 Å². The van der Waals surface area contributed by atoms with Crippen LogP contribution in [0.2, 0.25) is 0 Å². The third-order valence-corrected chi connectivity index (χ3v) is 1.71. The summed E-state index contributed by atoms with van der Waals surface area (Å²) in [6.07, 6.45) is 1.48. The Morgan fingerprint density at radius 2 is 2.00 bits per heavy atom. The van der Waals surface area contributed by atoms with Gasteiger partial charge in [-0.3, -0.25) is 0 Å². The average Bonchev–Trinajstić information content (AvgIpc) is 2.67. The van der Waals surface area contributed by atoms with Gasteiger partial charge in [-0.1, -0.05) is 30.3 Å². The summed E-state index contributed by atoms with van der Waals surface area (Å²) in [5.74, 6) is 0.842. The molecule has 0 aliphatic heterocycles. The maximum Gasteiger partial charge on any atom is 0.214 e. The molecule has 0 aliphatic carbocycles. The Morgan fingerprint density at radius 1 is 1.23 bits per heavy atom. The van der Waals surface area contributed by atoms with Crippen LogP contribution in [0.5, 0.6) is 0 Å². The summed E-state index contributed by atoms with van der Waals surface area (Å²) in [5, 5.41) is 2.72. The second-order valence-electron chi connectivity index (χ2n) is 2.56. The standard InChI is InChI=1S/C9H7N3O/c13-12-8-6-10-9(11-8)7-4-2-1-3-5-7/h1-6H,(H,10,11). The summed E-state index contributed by atoms with van der Waals surface area (Å²) in [7, 11) is 0. The SMILES string of the molecule is O=Nc1c[nH]c(-c2ccccc2)n1. The van der Waals surface area contributed by atoms with E-state index in [1.54, 1.807) is 0 Å². The van der Waals surface area contributed by atoms with Gasteiger partial charge in [0.15, 0.2) is 0 Å². The van der Waals surface area contributed by atoms with E-state index < -0.39 is 0 Å². The molecule has 0 saturated heterocycles. The molecule has 4 nitrogen and oxygen atoms in total. The molecule has 0 radical (unpaired) electrons. The van der Waals surface area contributed by atoms with E-state index >= 15 is 0 Å². The molecule has 0 amide bonds. The number of nitrogens with one attached hydrogen (secondary N) is 1. The molecule has 2 rings (SSSR count). The van der Waals surface area contributed by atoms with Gasteiger partial charge in [-0.25, -0.2) is 4.98 Å². The topological polar surface area (TPSA) is 58.1 Å². The zero-order valence-corrected chi connectivity index (χ0v) is 6.77. The fraction of sp³-hybridized carbons (Fsp3) is 0. The Balaban J connectivity index is 2.41. The predicted molar refractivity (Wildman–Crippen MR) is 49.5 cm³/mol. The summed E-state index contributed by atoms with van der Waals surface area (Å²) in [6.45, 7) is 0. The van der Waals surface area contributed by atoms with Crippen molar-refractivity contribution in [3.63, 3.8) is 0 Å². The number of rotatable bonds is 2. The molecule has 0 atom stereocenters. The highest BCUT2D eigenvalue weighted by molar-refractivity contribution is 5.56. The number of H-pyrrole nitrogens is 1. The maximum absolute atomic E-state index is 10.1. The fourth-order valence-corrected chi connectivity index (χ4v) is 1.10. The van der Waals surface area contributed by atoms with E-state index in [0.717, 1.165) is 5.56 Å². The average molecular weight is 173 g/mol. The molecular formula is C9H7N3O. The van der Waals surface area contributed by atoms with Gasteiger partial charge in [0.25, 0.3) is 0 Å². The summed E-state index contributed by atoms with van der Waals surface area (Å²) in [4.78, 5) is 17.0. The molecular weight excluding hydrogens is 166 g/mol. The molecule has 1 N–H and O–H groups in total. The van der Waals surface area contributed by atoms with Gasteiger partial charge in [-0.2, -0.15) is 0 Å². The number of nitroso groups, excluding NO2 is 1. The summed E-state index contributed by atoms with van der Waals surface area (Å²) < 4.78 is 0. The molecule has 4 heteroatoms. The third kappa shape index (κ3) is 1.46. The second-order valence-corrected chi connectivity index (χ2v) is 2.56. The lowest BCUT2D eigenvalue weighted by molar-refractivity contribution is 1.29. The van der Waals surface area contributed by atoms with E-state index in [0.29, 0.717) is 5.82 Å². The van der Waals surface area contributed by atoms with Crippen molar-refractivity contribution in [2.45, 2.75) is 0 Å². The zero-order valence-electron chi connectivity index (χ0n) is 6.77. The second kappa shape index (κ2) is 3.18. The minimum atomic E-state index is 0.179. The molecule has 13 heavy (non-hydrogen) atoms. The number of benzene rings is 1. The van der Waals surface area contributed by atoms with Crippen LogP contribution in [-0.2, 0) is 0 Å². The largest absolute Gasteiger partial charge is 0.342 e. The van der Waals surface area contributed by atoms with Crippen molar-refractivity contribution in [1.29, 1.82) is 0 Å². The van der Waals surface area contributed by atoms with Gasteiger partial charge >= 0.3 is 0 Å². The molecule has 1 heterocycles. The first kappa shape index (κ1) is 7.67. The highest BCUT2D eigenvalue weighted by Crippen LogP contribution is 2.17. The quantitative estimate of drug-likeness (QED) is 0.709. The van der Waals surface area contributed by atoms with Gasteiger partial charge < -0.3 is 4.98 Å². The van der Waals surface area contributed by atoms with E-state index in [4.69, 9.17) is 0 Å². The summed E-state index contributed by atoms with van der Waals surface area (Å²) >= 11 is 0. The van der Waals surface area contributed by atoms with Gasteiger partial charge in [-0.15, -0.1) is 4.91 Å². The Morgan fingerprint density at radius 3 is 2.62 bits per heavy atom. The van der Waals surface area contributed by atoms with E-state index in [1.807, 2.05) is 30.3 Å². The van der Waals surface area contributed by atoms with Crippen LogP contribution in [-0.4, -0.2) is 9.97 Å². The fourth-order valence-electron chi connectivity index (χ4n) is 1.10. The van der Waals surface area contributed by atoms with Gasteiger partial charge in [0.05, 0.1) is 6.20 Å². The van der Waals surface area contributed by atoms with Crippen molar-refractivity contribution in [3.05, 3.63) is 41.4 Å². The van der Waals surface area contributed by atoms with Crippen LogP contribution in [0, 0.1) is 4.91 Å². The Bertz CT molecular complexity index is 408. The van der Waals surface area contributed by atoms with Gasteiger partial charge in [0.2, 0.25) is 5.82 Å². The molecule has 2 aromatic rings. The molecule has 0 unspecified atom stereocenters. The van der Waals surface area contributed by atoms with E-state index in [9.17, 15) is 4.91 Å². The maximum atomic E-state index is 10.1. The Labute approximate surface area is 74.6 Å². The van der Waals surface area contributed by atoms with Crippen LogP contribution < -0.4 is 0 Å². The number of hydrogen-bond donors (Lipinski definition) is 1. The zero-order chi connectivity index (χ0) is 9.10. The van der Waals surface area contributed by atoms with Gasteiger partial charge in [0, 0.05) is 5.56 Å².